The van der Waals surface area contributed by atoms with E-state index in [0.29, 0.717) is 39.6 Å². The smallest absolute Gasteiger partial charge is 0.379 e. The second-order valence-electron chi connectivity index (χ2n) is 3.54. The Kier molecular flexibility index (Phi) is 13.9. The minimum Gasteiger partial charge on any atom is -0.379 e. The highest BCUT2D eigenvalue weighted by Gasteiger charge is 2.26. The summed E-state index contributed by atoms with van der Waals surface area (Å²) in [6, 6.07) is 0. The molecule has 0 unspecified atom stereocenters. The van der Waals surface area contributed by atoms with Crippen molar-refractivity contribution in [2.24, 2.45) is 0 Å². The summed E-state index contributed by atoms with van der Waals surface area (Å²) in [5, 5.41) is 0. The minimum atomic E-state index is -3.58. The Balaban J connectivity index is 4.02. The Morgan fingerprint density at radius 3 is 1.15 bits per heavy atom. The molecule has 0 spiro atoms. The molecule has 0 saturated heterocycles. The zero-order valence-corrected chi connectivity index (χ0v) is 13.6. The first-order chi connectivity index (χ1) is 9.68. The van der Waals surface area contributed by atoms with Gasteiger partial charge in [-0.15, -0.1) is 0 Å². The van der Waals surface area contributed by atoms with E-state index in [1.165, 1.54) is 0 Å². The quantitative estimate of drug-likeness (QED) is 0.339. The van der Waals surface area contributed by atoms with E-state index in [1.54, 1.807) is 0 Å². The summed E-state index contributed by atoms with van der Waals surface area (Å²) in [6.45, 7) is 8.79. The average molecular weight is 314 g/mol. The summed E-state index contributed by atoms with van der Waals surface area (Å²) < 4.78 is 43.1. The standard InChI is InChI=1S/C12H27O7P/c1-4-14-7-10-17-20(13,18-11-8-15-5-2)19-12-9-16-6-3/h4-12H2,1-3H3. The van der Waals surface area contributed by atoms with Gasteiger partial charge >= 0.3 is 7.82 Å². The molecule has 0 fully saturated rings. The molecule has 0 bridgehead atoms. The van der Waals surface area contributed by atoms with Crippen LogP contribution in [0.5, 0.6) is 0 Å². The fourth-order valence-corrected chi connectivity index (χ4v) is 2.29. The molecule has 0 aromatic carbocycles. The van der Waals surface area contributed by atoms with Crippen LogP contribution in [0.4, 0.5) is 0 Å². The minimum absolute atomic E-state index is 0.147. The van der Waals surface area contributed by atoms with Crippen LogP contribution in [0.2, 0.25) is 0 Å². The molecule has 7 nitrogen and oxygen atoms in total. The molecule has 0 atom stereocenters. The number of rotatable bonds is 15. The lowest BCUT2D eigenvalue weighted by Crippen LogP contribution is -2.11. The van der Waals surface area contributed by atoms with E-state index in [-0.39, 0.29) is 19.8 Å². The first kappa shape index (κ1) is 20.0. The van der Waals surface area contributed by atoms with Crippen LogP contribution in [-0.4, -0.2) is 59.5 Å². The van der Waals surface area contributed by atoms with Crippen LogP contribution in [0.25, 0.3) is 0 Å². The Morgan fingerprint density at radius 2 is 0.900 bits per heavy atom. The SMILES string of the molecule is CCOCCOP(=O)(OCCOCC)OCCOCC. The Labute approximate surface area is 121 Å². The number of ether oxygens (including phenoxy) is 3. The lowest BCUT2D eigenvalue weighted by Gasteiger charge is -2.18. The number of phosphoric ester groups is 1. The molecule has 8 heteroatoms. The molecule has 0 aromatic rings. The number of hydrogen-bond donors (Lipinski definition) is 0. The second kappa shape index (κ2) is 13.9. The van der Waals surface area contributed by atoms with Gasteiger partial charge in [0.25, 0.3) is 0 Å². The van der Waals surface area contributed by atoms with Gasteiger partial charge in [0.15, 0.2) is 0 Å². The van der Waals surface area contributed by atoms with Gasteiger partial charge in [0.2, 0.25) is 0 Å². The van der Waals surface area contributed by atoms with Crippen molar-refractivity contribution in [3.8, 4) is 0 Å². The van der Waals surface area contributed by atoms with Gasteiger partial charge in [0.1, 0.15) is 0 Å². The van der Waals surface area contributed by atoms with E-state index in [2.05, 4.69) is 0 Å². The average Bonchev–Trinajstić information content (AvgIpc) is 2.45. The summed E-state index contributed by atoms with van der Waals surface area (Å²) in [5.74, 6) is 0. The summed E-state index contributed by atoms with van der Waals surface area (Å²) in [7, 11) is -3.58. The molecule has 0 amide bonds. The second-order valence-corrected chi connectivity index (χ2v) is 5.21. The predicted molar refractivity (Wildman–Crippen MR) is 74.9 cm³/mol. The molecular formula is C12H27O7P. The summed E-state index contributed by atoms with van der Waals surface area (Å²) in [6.07, 6.45) is 0. The van der Waals surface area contributed by atoms with Crippen LogP contribution in [-0.2, 0) is 32.3 Å². The molecule has 0 aliphatic rings. The Bertz CT molecular complexity index is 212. The lowest BCUT2D eigenvalue weighted by molar-refractivity contribution is 0.0384. The molecule has 0 aliphatic heterocycles. The molecule has 0 heterocycles. The van der Waals surface area contributed by atoms with Gasteiger partial charge < -0.3 is 14.2 Å². The highest BCUT2D eigenvalue weighted by molar-refractivity contribution is 7.48. The first-order valence-corrected chi connectivity index (χ1v) is 8.41. The van der Waals surface area contributed by atoms with E-state index in [1.807, 2.05) is 20.8 Å². The summed E-state index contributed by atoms with van der Waals surface area (Å²) in [4.78, 5) is 0. The zero-order chi connectivity index (χ0) is 15.1. The third kappa shape index (κ3) is 11.8. The van der Waals surface area contributed by atoms with Gasteiger partial charge in [-0.3, -0.25) is 13.6 Å². The number of phosphoric acid groups is 1. The highest BCUT2D eigenvalue weighted by Crippen LogP contribution is 2.49. The lowest BCUT2D eigenvalue weighted by atomic mass is 10.8. The third-order valence-corrected chi connectivity index (χ3v) is 3.54. The van der Waals surface area contributed by atoms with Crippen molar-refractivity contribution < 1.29 is 32.3 Å². The maximum atomic E-state index is 12.3. The predicted octanol–water partition coefficient (Wildman–Crippen LogP) is 2.25. The summed E-state index contributed by atoms with van der Waals surface area (Å²) >= 11 is 0. The van der Waals surface area contributed by atoms with Gasteiger partial charge in [0.05, 0.1) is 39.6 Å². The van der Waals surface area contributed by atoms with Gasteiger partial charge in [-0.25, -0.2) is 4.57 Å². The van der Waals surface area contributed by atoms with Gasteiger partial charge in [-0.2, -0.15) is 0 Å². The molecule has 0 radical (unpaired) electrons. The number of hydrogen-bond acceptors (Lipinski definition) is 7. The summed E-state index contributed by atoms with van der Waals surface area (Å²) in [5.41, 5.74) is 0. The van der Waals surface area contributed by atoms with Crippen molar-refractivity contribution in [2.75, 3.05) is 59.5 Å². The van der Waals surface area contributed by atoms with Gasteiger partial charge in [-0.05, 0) is 20.8 Å². The molecule has 0 aromatic heterocycles. The van der Waals surface area contributed by atoms with Crippen LogP contribution in [0.3, 0.4) is 0 Å². The third-order valence-electron chi connectivity index (χ3n) is 2.04. The van der Waals surface area contributed by atoms with E-state index in [4.69, 9.17) is 27.8 Å². The van der Waals surface area contributed by atoms with Crippen molar-refractivity contribution in [1.82, 2.24) is 0 Å². The van der Waals surface area contributed by atoms with E-state index in [0.717, 1.165) is 0 Å². The van der Waals surface area contributed by atoms with E-state index in [9.17, 15) is 4.57 Å². The van der Waals surface area contributed by atoms with Gasteiger partial charge in [0, 0.05) is 19.8 Å². The molecule has 0 N–H and O–H groups in total. The molecule has 0 aliphatic carbocycles. The van der Waals surface area contributed by atoms with Gasteiger partial charge in [-0.1, -0.05) is 0 Å². The zero-order valence-electron chi connectivity index (χ0n) is 12.7. The molecular weight excluding hydrogens is 287 g/mol. The monoisotopic (exact) mass is 314 g/mol. The molecule has 20 heavy (non-hydrogen) atoms. The van der Waals surface area contributed by atoms with Crippen molar-refractivity contribution in [1.29, 1.82) is 0 Å². The largest absolute Gasteiger partial charge is 0.475 e. The van der Waals surface area contributed by atoms with Crippen molar-refractivity contribution in [3.05, 3.63) is 0 Å². The Hall–Kier alpha value is -0.0100. The normalized spacial score (nSPS) is 11.9. The maximum absolute atomic E-state index is 12.3. The van der Waals surface area contributed by atoms with Crippen LogP contribution in [0, 0.1) is 0 Å². The maximum Gasteiger partial charge on any atom is 0.475 e. The molecule has 0 saturated carbocycles. The van der Waals surface area contributed by atoms with Crippen LogP contribution >= 0.6 is 7.82 Å². The fourth-order valence-electron chi connectivity index (χ4n) is 1.17. The van der Waals surface area contributed by atoms with E-state index < -0.39 is 7.82 Å². The molecule has 122 valence electrons. The van der Waals surface area contributed by atoms with Crippen LogP contribution in [0.1, 0.15) is 20.8 Å². The van der Waals surface area contributed by atoms with Crippen LogP contribution in [0.15, 0.2) is 0 Å². The Morgan fingerprint density at radius 1 is 0.600 bits per heavy atom. The van der Waals surface area contributed by atoms with Crippen molar-refractivity contribution in [2.45, 2.75) is 20.8 Å². The molecule has 0 rings (SSSR count). The van der Waals surface area contributed by atoms with Crippen LogP contribution < -0.4 is 0 Å². The first-order valence-electron chi connectivity index (χ1n) is 6.95. The van der Waals surface area contributed by atoms with Crippen molar-refractivity contribution in [3.63, 3.8) is 0 Å². The van der Waals surface area contributed by atoms with Crippen molar-refractivity contribution >= 4 is 7.82 Å². The topological polar surface area (TPSA) is 72.5 Å². The highest BCUT2D eigenvalue weighted by atomic mass is 31.2. The fraction of sp³-hybridized carbons (Fsp3) is 1.00. The van der Waals surface area contributed by atoms with E-state index >= 15 is 0 Å².